The lowest BCUT2D eigenvalue weighted by Crippen LogP contribution is -2.27. The lowest BCUT2D eigenvalue weighted by atomic mass is 10.1. The van der Waals surface area contributed by atoms with E-state index in [1.165, 1.54) is 24.1 Å². The number of rotatable bonds is 7. The Bertz CT molecular complexity index is 1150. The van der Waals surface area contributed by atoms with Gasteiger partial charge in [0.25, 0.3) is 15.9 Å². The highest BCUT2D eigenvalue weighted by Crippen LogP contribution is 2.24. The summed E-state index contributed by atoms with van der Waals surface area (Å²) in [7, 11) is -0.741. The van der Waals surface area contributed by atoms with Gasteiger partial charge in [-0.25, -0.2) is 8.42 Å². The van der Waals surface area contributed by atoms with Crippen molar-refractivity contribution in [2.45, 2.75) is 11.4 Å². The molecule has 0 atom stereocenters. The predicted octanol–water partition coefficient (Wildman–Crippen LogP) is 4.42. The third-order valence-electron chi connectivity index (χ3n) is 4.48. The van der Waals surface area contributed by atoms with Crippen LogP contribution in [0.1, 0.15) is 15.9 Å². The molecule has 0 aliphatic rings. The predicted molar refractivity (Wildman–Crippen MR) is 117 cm³/mol. The molecule has 156 valence electrons. The van der Waals surface area contributed by atoms with E-state index in [1.807, 2.05) is 18.2 Å². The maximum atomic E-state index is 13.0. The van der Waals surface area contributed by atoms with Gasteiger partial charge < -0.3 is 9.64 Å². The number of carbonyl (C=O) groups excluding carboxylic acids is 1. The molecule has 0 radical (unpaired) electrons. The second-order valence-electron chi connectivity index (χ2n) is 6.58. The molecule has 0 bridgehead atoms. The highest BCUT2D eigenvalue weighted by Gasteiger charge is 2.21. The molecular formula is C22H21ClN2O4S. The van der Waals surface area contributed by atoms with Gasteiger partial charge in [-0.05, 0) is 48.0 Å². The Kier molecular flexibility index (Phi) is 6.64. The van der Waals surface area contributed by atoms with Crippen LogP contribution in [0.3, 0.4) is 0 Å². The van der Waals surface area contributed by atoms with Crippen molar-refractivity contribution in [1.82, 2.24) is 4.90 Å². The quantitative estimate of drug-likeness (QED) is 0.585. The van der Waals surface area contributed by atoms with E-state index in [9.17, 15) is 13.2 Å². The summed E-state index contributed by atoms with van der Waals surface area (Å²) in [5.74, 6) is 0.216. The van der Waals surface area contributed by atoms with Crippen LogP contribution in [0.5, 0.6) is 5.75 Å². The van der Waals surface area contributed by atoms with E-state index in [1.54, 1.807) is 49.5 Å². The molecule has 3 aromatic carbocycles. The molecule has 0 fully saturated rings. The van der Waals surface area contributed by atoms with Gasteiger partial charge in [0.1, 0.15) is 5.75 Å². The van der Waals surface area contributed by atoms with Crippen LogP contribution in [0.15, 0.2) is 77.7 Å². The molecule has 0 unspecified atom stereocenters. The third-order valence-corrected chi connectivity index (χ3v) is 6.23. The molecule has 0 heterocycles. The molecule has 30 heavy (non-hydrogen) atoms. The summed E-state index contributed by atoms with van der Waals surface area (Å²) in [6.07, 6.45) is 0. The number of hydrogen-bond acceptors (Lipinski definition) is 4. The summed E-state index contributed by atoms with van der Waals surface area (Å²) in [4.78, 5) is 14.6. The number of anilines is 1. The zero-order chi connectivity index (χ0) is 21.7. The molecule has 6 nitrogen and oxygen atoms in total. The van der Waals surface area contributed by atoms with Gasteiger partial charge in [-0.1, -0.05) is 41.9 Å². The minimum atomic E-state index is -3.88. The van der Waals surface area contributed by atoms with Crippen LogP contribution in [0, 0.1) is 0 Å². The molecule has 1 amide bonds. The standard InChI is InChI=1S/C22H21ClN2O4S/c1-25(15-16-7-3-5-9-20(16)23)22(26)19-8-4-6-10-21(19)24-30(27,28)18-13-11-17(29-2)12-14-18/h3-14,24H,15H2,1-2H3. The Balaban J connectivity index is 1.84. The average molecular weight is 445 g/mol. The first-order valence-electron chi connectivity index (χ1n) is 9.06. The van der Waals surface area contributed by atoms with Gasteiger partial charge in [0, 0.05) is 18.6 Å². The molecule has 8 heteroatoms. The molecule has 0 spiro atoms. The Morgan fingerprint density at radius 3 is 2.30 bits per heavy atom. The molecule has 3 aromatic rings. The first-order valence-corrected chi connectivity index (χ1v) is 10.9. The molecular weight excluding hydrogens is 424 g/mol. The van der Waals surface area contributed by atoms with Gasteiger partial charge in [-0.15, -0.1) is 0 Å². The second-order valence-corrected chi connectivity index (χ2v) is 8.67. The van der Waals surface area contributed by atoms with Crippen LogP contribution in [0.4, 0.5) is 5.69 Å². The average Bonchev–Trinajstić information content (AvgIpc) is 2.75. The summed E-state index contributed by atoms with van der Waals surface area (Å²) >= 11 is 6.19. The fourth-order valence-corrected chi connectivity index (χ4v) is 4.15. The molecule has 3 rings (SSSR count). The smallest absolute Gasteiger partial charge is 0.261 e. The van der Waals surface area contributed by atoms with Crippen LogP contribution in [-0.2, 0) is 16.6 Å². The Morgan fingerprint density at radius 2 is 1.63 bits per heavy atom. The van der Waals surface area contributed by atoms with E-state index in [2.05, 4.69) is 4.72 Å². The van der Waals surface area contributed by atoms with E-state index in [0.717, 1.165) is 5.56 Å². The van der Waals surface area contributed by atoms with Gasteiger partial charge in [-0.3, -0.25) is 9.52 Å². The number of carbonyl (C=O) groups is 1. The number of ether oxygens (including phenoxy) is 1. The first kappa shape index (κ1) is 21.7. The van der Waals surface area contributed by atoms with E-state index >= 15 is 0 Å². The fraction of sp³-hybridized carbons (Fsp3) is 0.136. The number of benzene rings is 3. The minimum Gasteiger partial charge on any atom is -0.497 e. The number of nitrogens with zero attached hydrogens (tertiary/aromatic N) is 1. The molecule has 0 aliphatic carbocycles. The number of nitrogens with one attached hydrogen (secondary N) is 1. The lowest BCUT2D eigenvalue weighted by Gasteiger charge is -2.20. The third kappa shape index (κ3) is 4.93. The maximum Gasteiger partial charge on any atom is 0.261 e. The van der Waals surface area contributed by atoms with Crippen molar-refractivity contribution in [3.63, 3.8) is 0 Å². The number of para-hydroxylation sites is 1. The van der Waals surface area contributed by atoms with Crippen molar-refractivity contribution in [3.8, 4) is 5.75 Å². The zero-order valence-electron chi connectivity index (χ0n) is 16.5. The summed E-state index contributed by atoms with van der Waals surface area (Å²) in [5.41, 5.74) is 1.24. The lowest BCUT2D eigenvalue weighted by molar-refractivity contribution is 0.0786. The maximum absolute atomic E-state index is 13.0. The second kappa shape index (κ2) is 9.19. The van der Waals surface area contributed by atoms with Crippen LogP contribution >= 0.6 is 11.6 Å². The van der Waals surface area contributed by atoms with Crippen molar-refractivity contribution < 1.29 is 17.9 Å². The normalized spacial score (nSPS) is 11.0. The van der Waals surface area contributed by atoms with E-state index < -0.39 is 10.0 Å². The largest absolute Gasteiger partial charge is 0.497 e. The van der Waals surface area contributed by atoms with Crippen LogP contribution in [0.2, 0.25) is 5.02 Å². The monoisotopic (exact) mass is 444 g/mol. The van der Waals surface area contributed by atoms with Gasteiger partial charge in [0.15, 0.2) is 0 Å². The molecule has 0 saturated heterocycles. The van der Waals surface area contributed by atoms with Crippen molar-refractivity contribution >= 4 is 33.2 Å². The minimum absolute atomic E-state index is 0.0648. The van der Waals surface area contributed by atoms with Crippen molar-refractivity contribution in [3.05, 3.63) is 88.9 Å². The number of hydrogen-bond donors (Lipinski definition) is 1. The van der Waals surface area contributed by atoms with E-state index in [4.69, 9.17) is 16.3 Å². The zero-order valence-corrected chi connectivity index (χ0v) is 18.1. The highest BCUT2D eigenvalue weighted by molar-refractivity contribution is 7.92. The van der Waals surface area contributed by atoms with Gasteiger partial charge in [0.05, 0.1) is 23.3 Å². The number of methoxy groups -OCH3 is 1. The van der Waals surface area contributed by atoms with Crippen LogP contribution < -0.4 is 9.46 Å². The summed E-state index contributed by atoms with van der Waals surface area (Å²) in [5, 5.41) is 0.561. The van der Waals surface area contributed by atoms with E-state index in [-0.39, 0.29) is 28.6 Å². The number of sulfonamides is 1. The Morgan fingerprint density at radius 1 is 1.00 bits per heavy atom. The fourth-order valence-electron chi connectivity index (χ4n) is 2.88. The summed E-state index contributed by atoms with van der Waals surface area (Å²) in [6, 6.07) is 19.7. The van der Waals surface area contributed by atoms with E-state index in [0.29, 0.717) is 10.8 Å². The van der Waals surface area contributed by atoms with Crippen LogP contribution in [-0.4, -0.2) is 33.4 Å². The van der Waals surface area contributed by atoms with Crippen molar-refractivity contribution in [2.75, 3.05) is 18.9 Å². The first-order chi connectivity index (χ1) is 14.3. The van der Waals surface area contributed by atoms with Crippen molar-refractivity contribution in [2.24, 2.45) is 0 Å². The molecule has 1 N–H and O–H groups in total. The van der Waals surface area contributed by atoms with Crippen LogP contribution in [0.25, 0.3) is 0 Å². The Hall–Kier alpha value is -3.03. The highest BCUT2D eigenvalue weighted by atomic mass is 35.5. The van der Waals surface area contributed by atoms with Gasteiger partial charge >= 0.3 is 0 Å². The number of amides is 1. The topological polar surface area (TPSA) is 75.7 Å². The summed E-state index contributed by atoms with van der Waals surface area (Å²) in [6.45, 7) is 0.290. The molecule has 0 saturated carbocycles. The van der Waals surface area contributed by atoms with Gasteiger partial charge in [-0.2, -0.15) is 0 Å². The molecule has 0 aromatic heterocycles. The summed E-state index contributed by atoms with van der Waals surface area (Å²) < 4.78 is 33.1. The number of halogens is 1. The van der Waals surface area contributed by atoms with Crippen molar-refractivity contribution in [1.29, 1.82) is 0 Å². The SMILES string of the molecule is COc1ccc(S(=O)(=O)Nc2ccccc2C(=O)N(C)Cc2ccccc2Cl)cc1. The Labute approximate surface area is 181 Å². The molecule has 0 aliphatic heterocycles. The van der Waals surface area contributed by atoms with Gasteiger partial charge in [0.2, 0.25) is 0 Å².